The monoisotopic (exact) mass is 180 g/mol. The summed E-state index contributed by atoms with van der Waals surface area (Å²) in [5.74, 6) is 0.832. The first-order chi connectivity index (χ1) is 6.22. The molecule has 2 aliphatic carbocycles. The van der Waals surface area contributed by atoms with Crippen molar-refractivity contribution >= 4 is 5.84 Å². The fourth-order valence-corrected chi connectivity index (χ4v) is 3.17. The second-order valence-corrected chi connectivity index (χ2v) is 4.94. The van der Waals surface area contributed by atoms with Gasteiger partial charge in [0.15, 0.2) is 0 Å². The van der Waals surface area contributed by atoms with Crippen molar-refractivity contribution in [3.05, 3.63) is 0 Å². The molecule has 74 valence electrons. The van der Waals surface area contributed by atoms with E-state index in [1.165, 1.54) is 51.4 Å². The minimum absolute atomic E-state index is 0.409. The third-order valence-corrected chi connectivity index (χ3v) is 4.15. The zero-order valence-electron chi connectivity index (χ0n) is 8.31. The van der Waals surface area contributed by atoms with Crippen molar-refractivity contribution in [1.29, 1.82) is 5.41 Å². The van der Waals surface area contributed by atoms with Crippen molar-refractivity contribution in [2.45, 2.75) is 51.4 Å². The second-order valence-electron chi connectivity index (χ2n) is 4.94. The molecule has 2 rings (SSSR count). The molecule has 2 aliphatic rings. The molecule has 2 nitrogen and oxygen atoms in total. The van der Waals surface area contributed by atoms with Crippen LogP contribution in [0.15, 0.2) is 0 Å². The Labute approximate surface area is 80.4 Å². The molecule has 0 amide bonds. The molecule has 3 N–H and O–H groups in total. The summed E-state index contributed by atoms with van der Waals surface area (Å²) in [5.41, 5.74) is 6.22. The topological polar surface area (TPSA) is 49.9 Å². The van der Waals surface area contributed by atoms with E-state index in [0.717, 1.165) is 0 Å². The minimum Gasteiger partial charge on any atom is -0.387 e. The Balaban J connectivity index is 1.91. The van der Waals surface area contributed by atoms with E-state index in [1.807, 2.05) is 0 Å². The highest BCUT2D eigenvalue weighted by molar-refractivity contribution is 5.79. The molecule has 0 unspecified atom stereocenters. The molecule has 0 aromatic carbocycles. The Morgan fingerprint density at radius 1 is 1.08 bits per heavy atom. The van der Waals surface area contributed by atoms with E-state index in [0.29, 0.717) is 17.2 Å². The normalized spacial score (nSPS) is 28.0. The van der Waals surface area contributed by atoms with Crippen LogP contribution < -0.4 is 5.73 Å². The molecule has 0 aromatic rings. The van der Waals surface area contributed by atoms with Crippen LogP contribution in [0.3, 0.4) is 0 Å². The number of rotatable bonds is 1. The van der Waals surface area contributed by atoms with E-state index in [4.69, 9.17) is 11.1 Å². The van der Waals surface area contributed by atoms with E-state index in [-0.39, 0.29) is 0 Å². The van der Waals surface area contributed by atoms with E-state index in [2.05, 4.69) is 0 Å². The van der Waals surface area contributed by atoms with Gasteiger partial charge in [0.25, 0.3) is 0 Å². The number of hydrogen-bond donors (Lipinski definition) is 2. The highest BCUT2D eigenvalue weighted by Gasteiger charge is 2.37. The van der Waals surface area contributed by atoms with Crippen LogP contribution in [-0.4, -0.2) is 5.84 Å². The molecule has 0 aliphatic heterocycles. The lowest BCUT2D eigenvalue weighted by Gasteiger charge is -2.36. The Kier molecular flexibility index (Phi) is 2.31. The van der Waals surface area contributed by atoms with Gasteiger partial charge in [-0.25, -0.2) is 0 Å². The highest BCUT2D eigenvalue weighted by atomic mass is 14.7. The van der Waals surface area contributed by atoms with Crippen LogP contribution in [0.5, 0.6) is 0 Å². The van der Waals surface area contributed by atoms with E-state index in [9.17, 15) is 0 Å². The second kappa shape index (κ2) is 3.32. The van der Waals surface area contributed by atoms with E-state index < -0.39 is 0 Å². The Hall–Kier alpha value is -0.530. The van der Waals surface area contributed by atoms with Gasteiger partial charge in [-0.2, -0.15) is 0 Å². The molecule has 1 spiro atoms. The molecule has 13 heavy (non-hydrogen) atoms. The van der Waals surface area contributed by atoms with Gasteiger partial charge in [-0.15, -0.1) is 0 Å². The molecule has 0 saturated heterocycles. The van der Waals surface area contributed by atoms with Crippen molar-refractivity contribution in [2.75, 3.05) is 0 Å². The summed E-state index contributed by atoms with van der Waals surface area (Å²) in [4.78, 5) is 0. The maximum atomic E-state index is 7.43. The molecule has 0 bridgehead atoms. The first-order valence-corrected chi connectivity index (χ1v) is 5.56. The fourth-order valence-electron chi connectivity index (χ4n) is 3.17. The number of hydrogen-bond acceptors (Lipinski definition) is 1. The summed E-state index contributed by atoms with van der Waals surface area (Å²) >= 11 is 0. The van der Waals surface area contributed by atoms with Gasteiger partial charge in [0.05, 0.1) is 5.84 Å². The van der Waals surface area contributed by atoms with Gasteiger partial charge in [0.2, 0.25) is 0 Å². The van der Waals surface area contributed by atoms with Crippen LogP contribution in [0, 0.1) is 16.7 Å². The summed E-state index contributed by atoms with van der Waals surface area (Å²) < 4.78 is 0. The van der Waals surface area contributed by atoms with Crippen molar-refractivity contribution in [3.8, 4) is 0 Å². The van der Waals surface area contributed by atoms with Crippen LogP contribution in [0.25, 0.3) is 0 Å². The zero-order valence-corrected chi connectivity index (χ0v) is 8.31. The van der Waals surface area contributed by atoms with Gasteiger partial charge in [-0.1, -0.05) is 12.8 Å². The van der Waals surface area contributed by atoms with Gasteiger partial charge in [0.1, 0.15) is 0 Å². The van der Waals surface area contributed by atoms with Gasteiger partial charge in [-0.3, -0.25) is 5.41 Å². The molecule has 2 heteroatoms. The maximum Gasteiger partial charge on any atom is 0.0936 e. The van der Waals surface area contributed by atoms with E-state index >= 15 is 0 Å². The lowest BCUT2D eigenvalue weighted by molar-refractivity contribution is 0.178. The van der Waals surface area contributed by atoms with Crippen molar-refractivity contribution in [3.63, 3.8) is 0 Å². The maximum absolute atomic E-state index is 7.43. The first-order valence-electron chi connectivity index (χ1n) is 5.56. The molecular weight excluding hydrogens is 160 g/mol. The minimum atomic E-state index is 0.409. The zero-order chi connectivity index (χ0) is 9.31. The molecule has 2 fully saturated rings. The summed E-state index contributed by atoms with van der Waals surface area (Å²) in [6, 6.07) is 0. The largest absolute Gasteiger partial charge is 0.387 e. The van der Waals surface area contributed by atoms with E-state index in [1.54, 1.807) is 0 Å². The summed E-state index contributed by atoms with van der Waals surface area (Å²) in [7, 11) is 0. The lowest BCUT2D eigenvalue weighted by atomic mass is 9.69. The summed E-state index contributed by atoms with van der Waals surface area (Å²) in [6.07, 6.45) is 10.8. The molecule has 0 radical (unpaired) electrons. The van der Waals surface area contributed by atoms with Crippen molar-refractivity contribution < 1.29 is 0 Å². The predicted molar refractivity (Wildman–Crippen MR) is 54.8 cm³/mol. The smallest absolute Gasteiger partial charge is 0.0936 e. The number of amidine groups is 1. The van der Waals surface area contributed by atoms with Crippen LogP contribution in [-0.2, 0) is 0 Å². The molecule has 2 saturated carbocycles. The predicted octanol–water partition coefficient (Wildman–Crippen LogP) is 2.67. The van der Waals surface area contributed by atoms with Crippen LogP contribution in [0.4, 0.5) is 0 Å². The molecule has 0 aromatic heterocycles. The summed E-state index contributed by atoms with van der Waals surface area (Å²) in [5, 5.41) is 7.43. The third-order valence-electron chi connectivity index (χ3n) is 4.15. The van der Waals surface area contributed by atoms with Crippen LogP contribution in [0.1, 0.15) is 51.4 Å². The van der Waals surface area contributed by atoms with Crippen molar-refractivity contribution in [1.82, 2.24) is 0 Å². The summed E-state index contributed by atoms with van der Waals surface area (Å²) in [6.45, 7) is 0. The first kappa shape index (κ1) is 9.04. The van der Waals surface area contributed by atoms with Gasteiger partial charge in [0, 0.05) is 5.92 Å². The average Bonchev–Trinajstić information content (AvgIpc) is 2.54. The quantitative estimate of drug-likeness (QED) is 0.473. The van der Waals surface area contributed by atoms with Gasteiger partial charge in [-0.05, 0) is 43.9 Å². The Morgan fingerprint density at radius 3 is 2.08 bits per heavy atom. The van der Waals surface area contributed by atoms with Gasteiger partial charge < -0.3 is 5.73 Å². The van der Waals surface area contributed by atoms with Crippen molar-refractivity contribution in [2.24, 2.45) is 17.1 Å². The SMILES string of the molecule is N=C(N)C1CCC2(CCCC2)CC1. The Morgan fingerprint density at radius 2 is 1.62 bits per heavy atom. The standard InChI is InChI=1S/C11H20N2/c12-10(13)9-3-7-11(8-4-9)5-1-2-6-11/h9H,1-8H2,(H3,12,13). The fraction of sp³-hybridized carbons (Fsp3) is 0.909. The number of nitrogens with one attached hydrogen (secondary N) is 1. The highest BCUT2D eigenvalue weighted by Crippen LogP contribution is 2.50. The van der Waals surface area contributed by atoms with Crippen LogP contribution >= 0.6 is 0 Å². The lowest BCUT2D eigenvalue weighted by Crippen LogP contribution is -2.31. The average molecular weight is 180 g/mol. The molecular formula is C11H20N2. The van der Waals surface area contributed by atoms with Crippen LogP contribution in [0.2, 0.25) is 0 Å². The Bertz CT molecular complexity index is 194. The third kappa shape index (κ3) is 1.72. The number of nitrogens with two attached hydrogens (primary N) is 1. The molecule has 0 atom stereocenters. The van der Waals surface area contributed by atoms with Gasteiger partial charge >= 0.3 is 0 Å². The molecule has 0 heterocycles.